The number of hydrogen-bond acceptors (Lipinski definition) is 3. The number of thioether (sulfide) groups is 1. The Morgan fingerprint density at radius 1 is 1.23 bits per heavy atom. The van der Waals surface area contributed by atoms with Gasteiger partial charge in [0.05, 0.1) is 5.25 Å². The SMILES string of the molecule is CC(C)SC(C)C(=O)OC(C)(C)C. The first-order valence-electron chi connectivity index (χ1n) is 4.60. The molecular formula is C10H20O2S. The number of ether oxygens (including phenoxy) is 1. The minimum absolute atomic E-state index is 0.0702. The molecule has 1 unspecified atom stereocenters. The second-order valence-corrected chi connectivity index (χ2v) is 6.28. The van der Waals surface area contributed by atoms with E-state index in [-0.39, 0.29) is 16.8 Å². The minimum atomic E-state index is -0.372. The highest BCUT2D eigenvalue weighted by molar-refractivity contribution is 8.01. The number of carbonyl (C=O) groups is 1. The van der Waals surface area contributed by atoms with Gasteiger partial charge in [0.2, 0.25) is 0 Å². The number of rotatable bonds is 3. The maximum atomic E-state index is 11.5. The third kappa shape index (κ3) is 6.94. The van der Waals surface area contributed by atoms with E-state index in [0.29, 0.717) is 5.25 Å². The van der Waals surface area contributed by atoms with Crippen LogP contribution in [0.1, 0.15) is 41.5 Å². The van der Waals surface area contributed by atoms with Gasteiger partial charge in [0.25, 0.3) is 0 Å². The molecule has 0 saturated heterocycles. The summed E-state index contributed by atoms with van der Waals surface area (Å²) in [6.07, 6.45) is 0. The molecule has 0 amide bonds. The summed E-state index contributed by atoms with van der Waals surface area (Å²) < 4.78 is 5.24. The van der Waals surface area contributed by atoms with Crippen LogP contribution in [0.5, 0.6) is 0 Å². The van der Waals surface area contributed by atoms with Crippen LogP contribution in [-0.4, -0.2) is 22.1 Å². The second-order valence-electron chi connectivity index (χ2n) is 4.36. The van der Waals surface area contributed by atoms with E-state index < -0.39 is 0 Å². The van der Waals surface area contributed by atoms with Crippen LogP contribution in [-0.2, 0) is 9.53 Å². The van der Waals surface area contributed by atoms with Crippen molar-refractivity contribution in [1.82, 2.24) is 0 Å². The number of carbonyl (C=O) groups excluding carboxylic acids is 1. The molecule has 13 heavy (non-hydrogen) atoms. The molecule has 3 heteroatoms. The monoisotopic (exact) mass is 204 g/mol. The molecular weight excluding hydrogens is 184 g/mol. The van der Waals surface area contributed by atoms with Crippen molar-refractivity contribution in [2.24, 2.45) is 0 Å². The zero-order valence-electron chi connectivity index (χ0n) is 9.38. The molecule has 0 spiro atoms. The molecule has 0 saturated carbocycles. The molecule has 0 rings (SSSR count). The predicted octanol–water partition coefficient (Wildman–Crippen LogP) is 2.86. The average Bonchev–Trinajstić information content (AvgIpc) is 1.81. The Kier molecular flexibility index (Phi) is 4.82. The van der Waals surface area contributed by atoms with Gasteiger partial charge in [-0.3, -0.25) is 4.79 Å². The van der Waals surface area contributed by atoms with E-state index in [2.05, 4.69) is 13.8 Å². The lowest BCUT2D eigenvalue weighted by atomic mass is 10.2. The Morgan fingerprint density at radius 2 is 1.69 bits per heavy atom. The molecule has 1 atom stereocenters. The van der Waals surface area contributed by atoms with E-state index >= 15 is 0 Å². The van der Waals surface area contributed by atoms with Crippen molar-refractivity contribution in [3.8, 4) is 0 Å². The first-order valence-corrected chi connectivity index (χ1v) is 5.55. The van der Waals surface area contributed by atoms with Gasteiger partial charge in [-0.2, -0.15) is 0 Å². The lowest BCUT2D eigenvalue weighted by molar-refractivity contribution is -0.153. The maximum absolute atomic E-state index is 11.5. The topological polar surface area (TPSA) is 26.3 Å². The van der Waals surface area contributed by atoms with Crippen LogP contribution in [0.2, 0.25) is 0 Å². The van der Waals surface area contributed by atoms with Gasteiger partial charge in [0, 0.05) is 0 Å². The van der Waals surface area contributed by atoms with Crippen LogP contribution >= 0.6 is 11.8 Å². The zero-order chi connectivity index (χ0) is 10.6. The summed E-state index contributed by atoms with van der Waals surface area (Å²) in [5, 5.41) is 0.391. The molecule has 0 aliphatic heterocycles. The number of hydrogen-bond donors (Lipinski definition) is 0. The van der Waals surface area contributed by atoms with Crippen LogP contribution in [0.3, 0.4) is 0 Å². The zero-order valence-corrected chi connectivity index (χ0v) is 10.2. The molecule has 0 N–H and O–H groups in total. The predicted molar refractivity (Wildman–Crippen MR) is 58.0 cm³/mol. The van der Waals surface area contributed by atoms with Crippen LogP contribution in [0.15, 0.2) is 0 Å². The fourth-order valence-corrected chi connectivity index (χ4v) is 1.82. The lowest BCUT2D eigenvalue weighted by Crippen LogP contribution is -2.29. The van der Waals surface area contributed by atoms with E-state index in [1.165, 1.54) is 0 Å². The van der Waals surface area contributed by atoms with Crippen molar-refractivity contribution in [2.75, 3.05) is 0 Å². The van der Waals surface area contributed by atoms with Crippen molar-refractivity contribution in [1.29, 1.82) is 0 Å². The van der Waals surface area contributed by atoms with Crippen molar-refractivity contribution < 1.29 is 9.53 Å². The molecule has 0 heterocycles. The second kappa shape index (κ2) is 4.89. The van der Waals surface area contributed by atoms with Gasteiger partial charge in [0.1, 0.15) is 5.60 Å². The van der Waals surface area contributed by atoms with Crippen LogP contribution in [0.25, 0.3) is 0 Å². The summed E-state index contributed by atoms with van der Waals surface area (Å²) in [6, 6.07) is 0. The van der Waals surface area contributed by atoms with E-state index in [4.69, 9.17) is 4.74 Å². The van der Waals surface area contributed by atoms with E-state index in [0.717, 1.165) is 0 Å². The molecule has 0 fully saturated rings. The van der Waals surface area contributed by atoms with E-state index in [9.17, 15) is 4.79 Å². The van der Waals surface area contributed by atoms with Crippen LogP contribution < -0.4 is 0 Å². The lowest BCUT2D eigenvalue weighted by Gasteiger charge is -2.22. The Labute approximate surface area is 85.4 Å². The van der Waals surface area contributed by atoms with Gasteiger partial charge in [0.15, 0.2) is 0 Å². The molecule has 0 radical (unpaired) electrons. The van der Waals surface area contributed by atoms with Gasteiger partial charge in [-0.25, -0.2) is 0 Å². The van der Waals surface area contributed by atoms with Gasteiger partial charge in [-0.15, -0.1) is 11.8 Å². The summed E-state index contributed by atoms with van der Waals surface area (Å²) in [5.74, 6) is -0.119. The highest BCUT2D eigenvalue weighted by Crippen LogP contribution is 2.20. The Balaban J connectivity index is 3.97. The molecule has 0 aromatic rings. The first-order chi connectivity index (χ1) is 5.72. The quantitative estimate of drug-likeness (QED) is 0.661. The average molecular weight is 204 g/mol. The normalized spacial score (nSPS) is 14.4. The fraction of sp³-hybridized carbons (Fsp3) is 0.900. The Bertz CT molecular complexity index is 170. The summed E-state index contributed by atoms with van der Waals surface area (Å²) in [7, 11) is 0. The molecule has 0 aromatic heterocycles. The fourth-order valence-electron chi connectivity index (χ4n) is 0.849. The van der Waals surface area contributed by atoms with Gasteiger partial charge >= 0.3 is 5.97 Å². The van der Waals surface area contributed by atoms with Crippen molar-refractivity contribution >= 4 is 17.7 Å². The van der Waals surface area contributed by atoms with Gasteiger partial charge < -0.3 is 4.74 Å². The minimum Gasteiger partial charge on any atom is -0.459 e. The molecule has 78 valence electrons. The molecule has 0 aliphatic carbocycles. The summed E-state index contributed by atoms with van der Waals surface area (Å²) in [6.45, 7) is 11.7. The van der Waals surface area contributed by atoms with Crippen molar-refractivity contribution in [3.05, 3.63) is 0 Å². The highest BCUT2D eigenvalue weighted by atomic mass is 32.2. The largest absolute Gasteiger partial charge is 0.459 e. The first kappa shape index (κ1) is 12.8. The molecule has 0 aromatic carbocycles. The molecule has 0 aliphatic rings. The van der Waals surface area contributed by atoms with Crippen molar-refractivity contribution in [3.63, 3.8) is 0 Å². The maximum Gasteiger partial charge on any atom is 0.319 e. The van der Waals surface area contributed by atoms with Crippen LogP contribution in [0, 0.1) is 0 Å². The van der Waals surface area contributed by atoms with Crippen LogP contribution in [0.4, 0.5) is 0 Å². The summed E-state index contributed by atoms with van der Waals surface area (Å²) in [4.78, 5) is 11.5. The Hall–Kier alpha value is -0.180. The smallest absolute Gasteiger partial charge is 0.319 e. The third-order valence-electron chi connectivity index (χ3n) is 1.21. The molecule has 2 nitrogen and oxygen atoms in total. The highest BCUT2D eigenvalue weighted by Gasteiger charge is 2.22. The van der Waals surface area contributed by atoms with E-state index in [1.54, 1.807) is 11.8 Å². The summed E-state index contributed by atoms with van der Waals surface area (Å²) >= 11 is 1.63. The number of esters is 1. The van der Waals surface area contributed by atoms with E-state index in [1.807, 2.05) is 27.7 Å². The van der Waals surface area contributed by atoms with Crippen molar-refractivity contribution in [2.45, 2.75) is 57.6 Å². The van der Waals surface area contributed by atoms with Gasteiger partial charge in [-0.05, 0) is 32.9 Å². The standard InChI is InChI=1S/C10H20O2S/c1-7(2)13-8(3)9(11)12-10(4,5)6/h7-8H,1-6H3. The van der Waals surface area contributed by atoms with Gasteiger partial charge in [-0.1, -0.05) is 13.8 Å². The third-order valence-corrected chi connectivity index (χ3v) is 2.36. The summed E-state index contributed by atoms with van der Waals surface area (Å²) in [5.41, 5.74) is -0.372. The molecule has 0 bridgehead atoms. The Morgan fingerprint density at radius 3 is 2.00 bits per heavy atom.